The largest absolute Gasteiger partial charge is 0.504 e. The van der Waals surface area contributed by atoms with Crippen molar-refractivity contribution in [2.45, 2.75) is 57.0 Å². The van der Waals surface area contributed by atoms with Crippen molar-refractivity contribution in [3.63, 3.8) is 0 Å². The zero-order valence-electron chi connectivity index (χ0n) is 13.0. The molecule has 3 aliphatic heterocycles. The van der Waals surface area contributed by atoms with Crippen molar-refractivity contribution >= 4 is 12.4 Å². The number of hydrogen-bond acceptors (Lipinski definition) is 4. The minimum Gasteiger partial charge on any atom is -0.504 e. The van der Waals surface area contributed by atoms with Gasteiger partial charge in [0.1, 0.15) is 5.60 Å². The van der Waals surface area contributed by atoms with Crippen LogP contribution in [0.2, 0.25) is 0 Å². The van der Waals surface area contributed by atoms with E-state index in [4.69, 9.17) is 9.47 Å². The molecule has 4 rings (SSSR count). The molecule has 2 N–H and O–H groups in total. The van der Waals surface area contributed by atoms with Crippen molar-refractivity contribution in [3.05, 3.63) is 23.8 Å². The van der Waals surface area contributed by atoms with E-state index >= 15 is 0 Å². The number of piperidine rings is 1. The summed E-state index contributed by atoms with van der Waals surface area (Å²) in [7, 11) is 0. The van der Waals surface area contributed by atoms with Crippen LogP contribution < -0.4 is 10.1 Å². The maximum atomic E-state index is 10.1. The van der Waals surface area contributed by atoms with E-state index in [0.29, 0.717) is 17.7 Å². The third-order valence-corrected chi connectivity index (χ3v) is 5.30. The molecule has 1 aromatic rings. The summed E-state index contributed by atoms with van der Waals surface area (Å²) >= 11 is 0. The van der Waals surface area contributed by atoms with E-state index in [9.17, 15) is 5.11 Å². The van der Waals surface area contributed by atoms with Gasteiger partial charge >= 0.3 is 0 Å². The maximum Gasteiger partial charge on any atom is 0.167 e. The van der Waals surface area contributed by atoms with E-state index in [-0.39, 0.29) is 36.0 Å². The highest BCUT2D eigenvalue weighted by molar-refractivity contribution is 5.85. The van der Waals surface area contributed by atoms with Gasteiger partial charge in [-0.25, -0.2) is 0 Å². The van der Waals surface area contributed by atoms with Crippen LogP contribution in [0.25, 0.3) is 0 Å². The molecular weight excluding hydrogens is 302 g/mol. The average molecular weight is 326 g/mol. The van der Waals surface area contributed by atoms with Gasteiger partial charge in [-0.3, -0.25) is 0 Å². The third-order valence-electron chi connectivity index (χ3n) is 5.30. The Morgan fingerprint density at radius 2 is 2.14 bits per heavy atom. The Bertz CT molecular complexity index is 563. The van der Waals surface area contributed by atoms with Gasteiger partial charge in [0.15, 0.2) is 11.5 Å². The van der Waals surface area contributed by atoms with Gasteiger partial charge in [0.05, 0.1) is 12.2 Å². The fourth-order valence-corrected chi connectivity index (χ4v) is 4.16. The van der Waals surface area contributed by atoms with Crippen molar-refractivity contribution in [2.24, 2.45) is 5.92 Å². The Morgan fingerprint density at radius 1 is 1.32 bits per heavy atom. The molecule has 5 heteroatoms. The van der Waals surface area contributed by atoms with Crippen LogP contribution >= 0.6 is 12.4 Å². The second kappa shape index (κ2) is 5.59. The first-order chi connectivity index (χ1) is 10.1. The van der Waals surface area contributed by atoms with Crippen LogP contribution in [-0.4, -0.2) is 29.4 Å². The molecular formula is C17H24ClNO3. The lowest BCUT2D eigenvalue weighted by molar-refractivity contribution is -0.168. The standard InChI is InChI=1S/C17H23NO3.ClH/c1-17(2)11-9-12-14(7-4-8-18-12)20-15(11)10-5-3-6-13(19)16(10)21-17;/h3,5-6,11-12,14-15,18-19H,4,7-9H2,1-2H3;1H/t11-,12-,14-,15+;/m0./s1. The molecule has 2 fully saturated rings. The van der Waals surface area contributed by atoms with Gasteiger partial charge in [0.2, 0.25) is 0 Å². The minimum absolute atomic E-state index is 0. The predicted molar refractivity (Wildman–Crippen MR) is 86.8 cm³/mol. The number of rotatable bonds is 0. The summed E-state index contributed by atoms with van der Waals surface area (Å²) in [4.78, 5) is 0. The van der Waals surface area contributed by atoms with E-state index in [1.54, 1.807) is 6.07 Å². The van der Waals surface area contributed by atoms with Crippen molar-refractivity contribution in [1.82, 2.24) is 5.32 Å². The summed E-state index contributed by atoms with van der Waals surface area (Å²) in [5.74, 6) is 1.12. The summed E-state index contributed by atoms with van der Waals surface area (Å²) < 4.78 is 12.6. The van der Waals surface area contributed by atoms with Crippen LogP contribution in [0, 0.1) is 5.92 Å². The van der Waals surface area contributed by atoms with Gasteiger partial charge in [-0.05, 0) is 45.7 Å². The van der Waals surface area contributed by atoms with Crippen molar-refractivity contribution in [2.75, 3.05) is 6.54 Å². The van der Waals surface area contributed by atoms with E-state index in [1.807, 2.05) is 12.1 Å². The first kappa shape index (κ1) is 15.9. The van der Waals surface area contributed by atoms with Crippen LogP contribution in [0.4, 0.5) is 0 Å². The topological polar surface area (TPSA) is 50.7 Å². The lowest BCUT2D eigenvalue weighted by Crippen LogP contribution is -2.57. The number of phenols is 1. The Labute approximate surface area is 137 Å². The molecule has 1 aromatic carbocycles. The SMILES string of the molecule is CC1(C)Oc2c(O)cccc2[C@H]2O[C@H]3CCCN[C@H]3C[C@@H]21.Cl. The van der Waals surface area contributed by atoms with Crippen molar-refractivity contribution in [3.8, 4) is 11.5 Å². The quantitative estimate of drug-likeness (QED) is 0.769. The zero-order valence-corrected chi connectivity index (χ0v) is 13.9. The number of para-hydroxylation sites is 1. The molecule has 22 heavy (non-hydrogen) atoms. The van der Waals surface area contributed by atoms with Crippen LogP contribution in [-0.2, 0) is 4.74 Å². The molecule has 2 saturated heterocycles. The molecule has 3 aliphatic rings. The molecule has 0 unspecified atom stereocenters. The van der Waals surface area contributed by atoms with E-state index in [0.717, 1.165) is 24.9 Å². The second-order valence-corrected chi connectivity index (χ2v) is 7.04. The van der Waals surface area contributed by atoms with Gasteiger partial charge < -0.3 is 19.9 Å². The number of nitrogens with one attached hydrogen (secondary N) is 1. The zero-order chi connectivity index (χ0) is 14.6. The number of hydrogen-bond donors (Lipinski definition) is 2. The molecule has 4 atom stereocenters. The maximum absolute atomic E-state index is 10.1. The fraction of sp³-hybridized carbons (Fsp3) is 0.647. The Balaban J connectivity index is 0.00000144. The van der Waals surface area contributed by atoms with Gasteiger partial charge in [0, 0.05) is 17.5 Å². The molecule has 122 valence electrons. The lowest BCUT2D eigenvalue weighted by atomic mass is 9.73. The third kappa shape index (κ3) is 2.38. The monoisotopic (exact) mass is 325 g/mol. The van der Waals surface area contributed by atoms with E-state index in [2.05, 4.69) is 19.2 Å². The van der Waals surface area contributed by atoms with Crippen LogP contribution in [0.1, 0.15) is 44.8 Å². The van der Waals surface area contributed by atoms with Crippen LogP contribution in [0.5, 0.6) is 11.5 Å². The first-order valence-electron chi connectivity index (χ1n) is 7.96. The van der Waals surface area contributed by atoms with E-state index < -0.39 is 0 Å². The Morgan fingerprint density at radius 3 is 2.95 bits per heavy atom. The second-order valence-electron chi connectivity index (χ2n) is 7.04. The number of ether oxygens (including phenoxy) is 2. The smallest absolute Gasteiger partial charge is 0.167 e. The molecule has 0 aromatic heterocycles. The number of aromatic hydroxyl groups is 1. The highest BCUT2D eigenvalue weighted by Crippen LogP contribution is 2.53. The molecule has 0 saturated carbocycles. The lowest BCUT2D eigenvalue weighted by Gasteiger charge is -2.52. The van der Waals surface area contributed by atoms with Gasteiger partial charge in [-0.2, -0.15) is 0 Å². The summed E-state index contributed by atoms with van der Waals surface area (Å²) in [6, 6.07) is 6.02. The highest BCUT2D eigenvalue weighted by atomic mass is 35.5. The first-order valence-corrected chi connectivity index (χ1v) is 7.96. The van der Waals surface area contributed by atoms with E-state index in [1.165, 1.54) is 6.42 Å². The molecule has 0 aliphatic carbocycles. The molecule has 0 radical (unpaired) electrons. The number of fused-ring (bicyclic) bond motifs is 4. The number of halogens is 1. The van der Waals surface area contributed by atoms with Crippen LogP contribution in [0.15, 0.2) is 18.2 Å². The van der Waals surface area contributed by atoms with Gasteiger partial charge in [0.25, 0.3) is 0 Å². The van der Waals surface area contributed by atoms with Crippen LogP contribution in [0.3, 0.4) is 0 Å². The Hall–Kier alpha value is -0.970. The average Bonchev–Trinajstić information content (AvgIpc) is 2.47. The van der Waals surface area contributed by atoms with Crippen molar-refractivity contribution < 1.29 is 14.6 Å². The number of benzene rings is 1. The van der Waals surface area contributed by atoms with Crippen molar-refractivity contribution in [1.29, 1.82) is 0 Å². The Kier molecular flexibility index (Phi) is 4.04. The van der Waals surface area contributed by atoms with Gasteiger partial charge in [-0.15, -0.1) is 12.4 Å². The normalized spacial score (nSPS) is 35.2. The summed E-state index contributed by atoms with van der Waals surface area (Å²) in [6.45, 7) is 5.29. The highest BCUT2D eigenvalue weighted by Gasteiger charge is 2.51. The molecule has 4 nitrogen and oxygen atoms in total. The summed E-state index contributed by atoms with van der Waals surface area (Å²) in [5, 5.41) is 13.7. The van der Waals surface area contributed by atoms with Gasteiger partial charge in [-0.1, -0.05) is 12.1 Å². The molecule has 0 spiro atoms. The summed E-state index contributed by atoms with van der Waals surface area (Å²) in [6.07, 6.45) is 3.67. The summed E-state index contributed by atoms with van der Waals surface area (Å²) in [5.41, 5.74) is 0.670. The minimum atomic E-state index is -0.333. The molecule has 0 bridgehead atoms. The molecule has 0 amide bonds. The molecule has 3 heterocycles. The predicted octanol–water partition coefficient (Wildman–Crippen LogP) is 3.18. The fourth-order valence-electron chi connectivity index (χ4n) is 4.16. The number of phenolic OH excluding ortho intramolecular Hbond substituents is 1.